The van der Waals surface area contributed by atoms with Crippen LogP contribution in [-0.4, -0.2) is 23.3 Å². The molecule has 28 heavy (non-hydrogen) atoms. The molecule has 0 radical (unpaired) electrons. The zero-order valence-electron chi connectivity index (χ0n) is 15.5. The smallest absolute Gasteiger partial charge is 0.264 e. The highest BCUT2D eigenvalue weighted by atomic mass is 35.5. The summed E-state index contributed by atoms with van der Waals surface area (Å²) >= 11 is 7.74. The number of hydrogen-bond acceptors (Lipinski definition) is 5. The number of carbonyl (C=O) groups is 2. The molecule has 1 aromatic heterocycles. The highest BCUT2D eigenvalue weighted by Crippen LogP contribution is 2.26. The number of Topliss-reactive ketones (excluding diaryl/α,β-unsaturated/α-hetero) is 1. The topological polar surface area (TPSA) is 68.3 Å². The van der Waals surface area contributed by atoms with Gasteiger partial charge in [0.25, 0.3) is 5.91 Å². The lowest BCUT2D eigenvalue weighted by Gasteiger charge is -2.06. The molecule has 0 aliphatic rings. The van der Waals surface area contributed by atoms with E-state index < -0.39 is 0 Å². The maximum Gasteiger partial charge on any atom is 0.264 e. The Morgan fingerprint density at radius 3 is 2.64 bits per heavy atom. The van der Waals surface area contributed by atoms with Crippen molar-refractivity contribution >= 4 is 39.8 Å². The third kappa shape index (κ3) is 5.18. The van der Waals surface area contributed by atoms with Crippen LogP contribution in [0.5, 0.6) is 5.75 Å². The third-order valence-electron chi connectivity index (χ3n) is 4.07. The molecule has 0 bridgehead atoms. The Bertz CT molecular complexity index is 999. The zero-order valence-corrected chi connectivity index (χ0v) is 17.1. The van der Waals surface area contributed by atoms with Gasteiger partial charge in [-0.1, -0.05) is 29.8 Å². The number of carbonyl (C=O) groups excluding carboxylic acids is 2. The molecule has 5 nitrogen and oxygen atoms in total. The van der Waals surface area contributed by atoms with Crippen LogP contribution in [-0.2, 0) is 11.2 Å². The summed E-state index contributed by atoms with van der Waals surface area (Å²) in [5, 5.41) is 4.00. The van der Waals surface area contributed by atoms with Gasteiger partial charge in [-0.15, -0.1) is 11.3 Å². The van der Waals surface area contributed by atoms with Crippen LogP contribution in [0.4, 0.5) is 5.13 Å². The van der Waals surface area contributed by atoms with Gasteiger partial charge in [0.05, 0.1) is 0 Å². The van der Waals surface area contributed by atoms with Crippen LogP contribution < -0.4 is 10.1 Å². The second-order valence-electron chi connectivity index (χ2n) is 6.27. The number of aromatic nitrogens is 1. The van der Waals surface area contributed by atoms with Gasteiger partial charge < -0.3 is 4.74 Å². The minimum atomic E-state index is -0.301. The Hall–Kier alpha value is -2.70. The Kier molecular flexibility index (Phi) is 6.44. The van der Waals surface area contributed by atoms with Crippen molar-refractivity contribution < 1.29 is 14.3 Å². The molecule has 0 aliphatic heterocycles. The summed E-state index contributed by atoms with van der Waals surface area (Å²) < 4.78 is 5.44. The van der Waals surface area contributed by atoms with Crippen LogP contribution >= 0.6 is 22.9 Å². The SMILES string of the molecule is CC(=O)c1ccc(OCC(=O)Nc2ncc(Cc3cccc(C)c3Cl)s2)cc1. The van der Waals surface area contributed by atoms with Crippen molar-refractivity contribution in [1.29, 1.82) is 0 Å². The van der Waals surface area contributed by atoms with E-state index in [2.05, 4.69) is 10.3 Å². The van der Waals surface area contributed by atoms with Crippen molar-refractivity contribution in [2.75, 3.05) is 11.9 Å². The van der Waals surface area contributed by atoms with E-state index in [1.165, 1.54) is 18.3 Å². The van der Waals surface area contributed by atoms with Crippen LogP contribution in [0.25, 0.3) is 0 Å². The van der Waals surface area contributed by atoms with Gasteiger partial charge in [-0.3, -0.25) is 14.9 Å². The van der Waals surface area contributed by atoms with E-state index in [1.54, 1.807) is 30.5 Å². The molecule has 3 aromatic rings. The van der Waals surface area contributed by atoms with Crippen LogP contribution in [0.2, 0.25) is 5.02 Å². The molecule has 0 aliphatic carbocycles. The van der Waals surface area contributed by atoms with Crippen LogP contribution in [0.3, 0.4) is 0 Å². The number of thiazole rings is 1. The minimum absolute atomic E-state index is 0.0178. The lowest BCUT2D eigenvalue weighted by atomic mass is 10.1. The van der Waals surface area contributed by atoms with Gasteiger partial charge in [0.1, 0.15) is 5.75 Å². The Labute approximate surface area is 172 Å². The van der Waals surface area contributed by atoms with Crippen LogP contribution in [0.1, 0.15) is 33.3 Å². The average molecular weight is 415 g/mol. The summed E-state index contributed by atoms with van der Waals surface area (Å²) in [7, 11) is 0. The number of benzene rings is 2. The van der Waals surface area contributed by atoms with Gasteiger partial charge in [-0.2, -0.15) is 0 Å². The molecule has 1 amide bonds. The van der Waals surface area contributed by atoms with Crippen LogP contribution in [0, 0.1) is 6.92 Å². The molecule has 0 saturated carbocycles. The van der Waals surface area contributed by atoms with Crippen molar-refractivity contribution in [1.82, 2.24) is 4.98 Å². The standard InChI is InChI=1S/C21H19ClN2O3S/c1-13-4-3-5-16(20(13)22)10-18-11-23-21(28-18)24-19(26)12-27-17-8-6-15(7-9-17)14(2)25/h3-9,11H,10,12H2,1-2H3,(H,23,24,26). The average Bonchev–Trinajstić information content (AvgIpc) is 3.11. The fourth-order valence-electron chi connectivity index (χ4n) is 2.57. The predicted molar refractivity (Wildman–Crippen MR) is 112 cm³/mol. The molecule has 3 rings (SSSR count). The van der Waals surface area contributed by atoms with Gasteiger partial charge in [0.2, 0.25) is 0 Å². The fraction of sp³-hybridized carbons (Fsp3) is 0.190. The Morgan fingerprint density at radius 1 is 1.18 bits per heavy atom. The molecule has 0 unspecified atom stereocenters. The molecule has 0 spiro atoms. The second kappa shape index (κ2) is 8.99. The maximum atomic E-state index is 12.1. The molecular weight excluding hydrogens is 396 g/mol. The summed E-state index contributed by atoms with van der Waals surface area (Å²) in [6.07, 6.45) is 2.40. The highest BCUT2D eigenvalue weighted by Gasteiger charge is 2.10. The molecule has 1 heterocycles. The first-order chi connectivity index (χ1) is 13.4. The van der Waals surface area contributed by atoms with Gasteiger partial charge in [0, 0.05) is 28.1 Å². The van der Waals surface area contributed by atoms with Crippen molar-refractivity contribution in [2.45, 2.75) is 20.3 Å². The number of rotatable bonds is 7. The molecule has 7 heteroatoms. The number of nitrogens with zero attached hydrogens (tertiary/aromatic N) is 1. The highest BCUT2D eigenvalue weighted by molar-refractivity contribution is 7.15. The summed E-state index contributed by atoms with van der Waals surface area (Å²) in [6, 6.07) is 12.6. The molecule has 2 aromatic carbocycles. The maximum absolute atomic E-state index is 12.1. The van der Waals surface area contributed by atoms with Gasteiger partial charge in [-0.05, 0) is 49.2 Å². The second-order valence-corrected chi connectivity index (χ2v) is 7.77. The summed E-state index contributed by atoms with van der Waals surface area (Å²) in [5.41, 5.74) is 2.66. The first-order valence-electron chi connectivity index (χ1n) is 8.64. The molecule has 144 valence electrons. The first kappa shape index (κ1) is 20.0. The summed E-state index contributed by atoms with van der Waals surface area (Å²) in [4.78, 5) is 28.6. The van der Waals surface area contributed by atoms with E-state index in [9.17, 15) is 9.59 Å². The van der Waals surface area contributed by atoms with Crippen molar-refractivity contribution in [2.24, 2.45) is 0 Å². The molecule has 0 fully saturated rings. The van der Waals surface area contributed by atoms with Crippen molar-refractivity contribution in [3.8, 4) is 5.75 Å². The zero-order chi connectivity index (χ0) is 20.1. The minimum Gasteiger partial charge on any atom is -0.484 e. The monoisotopic (exact) mass is 414 g/mol. The quantitative estimate of drug-likeness (QED) is 0.557. The van der Waals surface area contributed by atoms with Crippen LogP contribution in [0.15, 0.2) is 48.7 Å². The van der Waals surface area contributed by atoms with E-state index in [1.807, 2.05) is 25.1 Å². The van der Waals surface area contributed by atoms with Gasteiger partial charge in [-0.25, -0.2) is 4.98 Å². The largest absolute Gasteiger partial charge is 0.484 e. The molecule has 0 atom stereocenters. The molecule has 1 N–H and O–H groups in total. The number of hydrogen-bond donors (Lipinski definition) is 1. The Morgan fingerprint density at radius 2 is 1.93 bits per heavy atom. The number of ketones is 1. The number of halogens is 1. The van der Waals surface area contributed by atoms with E-state index >= 15 is 0 Å². The third-order valence-corrected chi connectivity index (χ3v) is 5.52. The van der Waals surface area contributed by atoms with Crippen molar-refractivity contribution in [3.05, 3.63) is 75.3 Å². The number of ether oxygens (including phenoxy) is 1. The number of anilines is 1. The van der Waals surface area contributed by atoms with Crippen molar-refractivity contribution in [3.63, 3.8) is 0 Å². The lowest BCUT2D eigenvalue weighted by molar-refractivity contribution is -0.118. The van der Waals surface area contributed by atoms with E-state index in [4.69, 9.17) is 16.3 Å². The number of amides is 1. The molecule has 0 saturated heterocycles. The lowest BCUT2D eigenvalue weighted by Crippen LogP contribution is -2.20. The fourth-order valence-corrected chi connectivity index (χ4v) is 3.61. The van der Waals surface area contributed by atoms with E-state index in [-0.39, 0.29) is 18.3 Å². The number of aryl methyl sites for hydroxylation is 1. The Balaban J connectivity index is 1.53. The molecular formula is C21H19ClN2O3S. The van der Waals surface area contributed by atoms with E-state index in [0.29, 0.717) is 22.9 Å². The predicted octanol–water partition coefficient (Wildman–Crippen LogP) is 4.92. The normalized spacial score (nSPS) is 10.5. The summed E-state index contributed by atoms with van der Waals surface area (Å²) in [6.45, 7) is 3.33. The van der Waals surface area contributed by atoms with E-state index in [0.717, 1.165) is 21.0 Å². The summed E-state index contributed by atoms with van der Waals surface area (Å²) in [5.74, 6) is 0.204. The van der Waals surface area contributed by atoms with Gasteiger partial charge in [0.15, 0.2) is 17.5 Å². The number of nitrogens with one attached hydrogen (secondary N) is 1. The van der Waals surface area contributed by atoms with Gasteiger partial charge >= 0.3 is 0 Å². The first-order valence-corrected chi connectivity index (χ1v) is 9.84.